The van der Waals surface area contributed by atoms with Gasteiger partial charge in [0.05, 0.1) is 0 Å². The molecule has 0 aromatic heterocycles. The van der Waals surface area contributed by atoms with Gasteiger partial charge in [-0.3, -0.25) is 4.72 Å². The molecule has 23 heavy (non-hydrogen) atoms. The fourth-order valence-corrected chi connectivity index (χ4v) is 7.76. The molecule has 0 saturated heterocycles. The molecule has 1 aromatic carbocycles. The SMILES string of the molecule is CCNS1(C(CC)c2ccccc2)C=CC(C2CCCCC2)=C1. The van der Waals surface area contributed by atoms with Crippen molar-refractivity contribution in [2.24, 2.45) is 5.92 Å². The van der Waals surface area contributed by atoms with Gasteiger partial charge in [0.15, 0.2) is 0 Å². The number of rotatable bonds is 6. The van der Waals surface area contributed by atoms with E-state index < -0.39 is 10.2 Å². The van der Waals surface area contributed by atoms with Crippen molar-refractivity contribution in [3.8, 4) is 0 Å². The predicted molar refractivity (Wildman–Crippen MR) is 105 cm³/mol. The van der Waals surface area contributed by atoms with E-state index in [0.29, 0.717) is 5.25 Å². The van der Waals surface area contributed by atoms with Crippen molar-refractivity contribution < 1.29 is 0 Å². The van der Waals surface area contributed by atoms with Gasteiger partial charge in [0.2, 0.25) is 0 Å². The molecule has 1 nitrogen and oxygen atoms in total. The van der Waals surface area contributed by atoms with E-state index in [1.807, 2.05) is 0 Å². The molecule has 2 atom stereocenters. The Kier molecular flexibility index (Phi) is 5.66. The standard InChI is InChI=1S/C21H31NS/c1-3-21(19-13-9-6-10-14-19)23(22-4-2)16-15-20(17-23)18-11-7-5-8-12-18/h6,9-10,13-18,21-22H,3-5,7-8,11-12H2,1-2H3. The quantitative estimate of drug-likeness (QED) is 0.631. The maximum absolute atomic E-state index is 3.90. The van der Waals surface area contributed by atoms with Crippen LogP contribution in [0.5, 0.6) is 0 Å². The summed E-state index contributed by atoms with van der Waals surface area (Å²) in [4.78, 5) is 0. The van der Waals surface area contributed by atoms with Gasteiger partial charge >= 0.3 is 0 Å². The smallest absolute Gasteiger partial charge is 0.0323 e. The van der Waals surface area contributed by atoms with Crippen molar-refractivity contribution in [2.45, 2.75) is 57.6 Å². The fraction of sp³-hybridized carbons (Fsp3) is 0.524. The zero-order chi connectivity index (χ0) is 16.1. The summed E-state index contributed by atoms with van der Waals surface area (Å²) in [6.45, 7) is 5.62. The predicted octanol–water partition coefficient (Wildman–Crippen LogP) is 6.46. The molecule has 1 fully saturated rings. The Morgan fingerprint density at radius 3 is 2.48 bits per heavy atom. The number of hydrogen-bond acceptors (Lipinski definition) is 1. The van der Waals surface area contributed by atoms with E-state index >= 15 is 0 Å². The van der Waals surface area contributed by atoms with Gasteiger partial charge < -0.3 is 0 Å². The van der Waals surface area contributed by atoms with Gasteiger partial charge in [-0.15, -0.1) is 10.2 Å². The molecule has 126 valence electrons. The van der Waals surface area contributed by atoms with Crippen LogP contribution in [0.2, 0.25) is 0 Å². The Hall–Kier alpha value is -0.990. The first-order chi connectivity index (χ1) is 11.3. The van der Waals surface area contributed by atoms with Gasteiger partial charge in [-0.2, -0.15) is 0 Å². The fourth-order valence-electron chi connectivity index (χ4n) is 4.18. The normalized spacial score (nSPS) is 29.0. The van der Waals surface area contributed by atoms with E-state index in [2.05, 4.69) is 65.8 Å². The van der Waals surface area contributed by atoms with Crippen LogP contribution in [-0.4, -0.2) is 6.54 Å². The first-order valence-corrected chi connectivity index (χ1v) is 11.1. The molecular weight excluding hydrogens is 298 g/mol. The summed E-state index contributed by atoms with van der Waals surface area (Å²) in [7, 11) is -1.05. The maximum atomic E-state index is 3.90. The summed E-state index contributed by atoms with van der Waals surface area (Å²) in [6.07, 6.45) is 10.7. The molecule has 1 aliphatic carbocycles. The van der Waals surface area contributed by atoms with Gasteiger partial charge in [0, 0.05) is 11.8 Å². The molecule has 2 heteroatoms. The molecule has 0 bridgehead atoms. The molecular formula is C21H31NS. The van der Waals surface area contributed by atoms with E-state index in [4.69, 9.17) is 0 Å². The third-order valence-electron chi connectivity index (χ3n) is 5.30. The summed E-state index contributed by atoms with van der Waals surface area (Å²) >= 11 is 0. The number of hydrogen-bond donors (Lipinski definition) is 1. The summed E-state index contributed by atoms with van der Waals surface area (Å²) in [5, 5.41) is 5.76. The zero-order valence-corrected chi connectivity index (χ0v) is 15.4. The third kappa shape index (κ3) is 3.59. The van der Waals surface area contributed by atoms with Gasteiger partial charge in [-0.05, 0) is 47.1 Å². The summed E-state index contributed by atoms with van der Waals surface area (Å²) in [6, 6.07) is 11.1. The lowest BCUT2D eigenvalue weighted by Gasteiger charge is -2.41. The van der Waals surface area contributed by atoms with E-state index in [-0.39, 0.29) is 0 Å². The lowest BCUT2D eigenvalue weighted by molar-refractivity contribution is 0.409. The van der Waals surface area contributed by atoms with Crippen molar-refractivity contribution in [3.05, 3.63) is 58.4 Å². The second-order valence-corrected chi connectivity index (χ2v) is 9.71. The van der Waals surface area contributed by atoms with Gasteiger partial charge in [-0.25, -0.2) is 0 Å². The molecule has 2 unspecified atom stereocenters. The molecule has 1 aromatic rings. The molecule has 1 N–H and O–H groups in total. The number of allylic oxidation sites excluding steroid dienone is 2. The van der Waals surface area contributed by atoms with Crippen molar-refractivity contribution in [3.63, 3.8) is 0 Å². The lowest BCUT2D eigenvalue weighted by atomic mass is 9.84. The Balaban J connectivity index is 1.91. The first kappa shape index (κ1) is 16.9. The lowest BCUT2D eigenvalue weighted by Crippen LogP contribution is -2.22. The van der Waals surface area contributed by atoms with Crippen molar-refractivity contribution in [1.82, 2.24) is 4.72 Å². The third-order valence-corrected chi connectivity index (χ3v) is 8.88. The van der Waals surface area contributed by atoms with Crippen LogP contribution in [0.1, 0.15) is 63.2 Å². The molecule has 2 aliphatic rings. The van der Waals surface area contributed by atoms with E-state index in [1.165, 1.54) is 44.1 Å². The summed E-state index contributed by atoms with van der Waals surface area (Å²) in [5.74, 6) is 0.807. The Morgan fingerprint density at radius 2 is 1.83 bits per heavy atom. The second-order valence-electron chi connectivity index (χ2n) is 6.82. The van der Waals surface area contributed by atoms with E-state index in [1.54, 1.807) is 5.57 Å². The highest BCUT2D eigenvalue weighted by molar-refractivity contribution is 8.37. The van der Waals surface area contributed by atoms with Crippen molar-refractivity contribution in [1.29, 1.82) is 0 Å². The minimum Gasteiger partial charge on any atom is -0.274 e. The minimum atomic E-state index is -1.05. The first-order valence-electron chi connectivity index (χ1n) is 9.30. The molecule has 0 spiro atoms. The van der Waals surface area contributed by atoms with Crippen LogP contribution in [0.25, 0.3) is 0 Å². The van der Waals surface area contributed by atoms with E-state index in [9.17, 15) is 0 Å². The monoisotopic (exact) mass is 329 g/mol. The highest BCUT2D eigenvalue weighted by Gasteiger charge is 2.33. The van der Waals surface area contributed by atoms with Gasteiger partial charge in [0.25, 0.3) is 0 Å². The zero-order valence-electron chi connectivity index (χ0n) is 14.6. The maximum Gasteiger partial charge on any atom is 0.0323 e. The van der Waals surface area contributed by atoms with Crippen molar-refractivity contribution >= 4 is 10.2 Å². The van der Waals surface area contributed by atoms with Crippen molar-refractivity contribution in [2.75, 3.05) is 6.54 Å². The van der Waals surface area contributed by atoms with Crippen LogP contribution in [-0.2, 0) is 0 Å². The average Bonchev–Trinajstić information content (AvgIpc) is 3.03. The molecule has 1 saturated carbocycles. The molecule has 3 rings (SSSR count). The molecule has 1 aliphatic heterocycles. The van der Waals surface area contributed by atoms with Crippen LogP contribution in [0.15, 0.2) is 52.8 Å². The summed E-state index contributed by atoms with van der Waals surface area (Å²) in [5.41, 5.74) is 3.10. The topological polar surface area (TPSA) is 12.0 Å². The van der Waals surface area contributed by atoms with Crippen LogP contribution in [0.4, 0.5) is 0 Å². The number of nitrogens with one attached hydrogen (secondary N) is 1. The average molecular weight is 330 g/mol. The highest BCUT2D eigenvalue weighted by Crippen LogP contribution is 2.64. The Bertz CT molecular complexity index is 556. The van der Waals surface area contributed by atoms with Crippen LogP contribution in [0, 0.1) is 5.92 Å². The highest BCUT2D eigenvalue weighted by atomic mass is 32.3. The Morgan fingerprint density at radius 1 is 1.09 bits per heavy atom. The van der Waals surface area contributed by atoms with Crippen LogP contribution in [0.3, 0.4) is 0 Å². The van der Waals surface area contributed by atoms with Gasteiger partial charge in [-0.1, -0.05) is 69.5 Å². The minimum absolute atomic E-state index is 0.584. The largest absolute Gasteiger partial charge is 0.274 e. The molecule has 0 amide bonds. The van der Waals surface area contributed by atoms with Gasteiger partial charge in [0.1, 0.15) is 0 Å². The van der Waals surface area contributed by atoms with E-state index in [0.717, 1.165) is 12.5 Å². The summed E-state index contributed by atoms with van der Waals surface area (Å²) < 4.78 is 3.90. The van der Waals surface area contributed by atoms with Crippen LogP contribution >= 0.6 is 10.2 Å². The Labute approximate surface area is 143 Å². The molecule has 0 radical (unpaired) electrons. The molecule has 1 heterocycles. The van der Waals surface area contributed by atoms with Crippen LogP contribution < -0.4 is 4.72 Å². The second kappa shape index (κ2) is 7.72. The number of benzene rings is 1.